The summed E-state index contributed by atoms with van der Waals surface area (Å²) in [4.78, 5) is 23.5. The third-order valence-electron chi connectivity index (χ3n) is 5.98. The summed E-state index contributed by atoms with van der Waals surface area (Å²) < 4.78 is 7.94. The molecule has 5 rings (SSSR count). The number of likely N-dealkylation sites (tertiary alicyclic amines) is 1. The van der Waals surface area contributed by atoms with E-state index in [1.807, 2.05) is 59.9 Å². The van der Waals surface area contributed by atoms with Gasteiger partial charge in [-0.15, -0.1) is 0 Å². The van der Waals surface area contributed by atoms with Crippen molar-refractivity contribution in [3.05, 3.63) is 85.0 Å². The van der Waals surface area contributed by atoms with Crippen LogP contribution in [0.15, 0.2) is 79.4 Å². The number of nitrogens with one attached hydrogen (secondary N) is 2. The number of hydrogen-bond donors (Lipinski definition) is 2. The summed E-state index contributed by atoms with van der Waals surface area (Å²) in [6.45, 7) is 5.06. The second-order valence-corrected chi connectivity index (χ2v) is 8.56. The van der Waals surface area contributed by atoms with Crippen LogP contribution in [0.3, 0.4) is 0 Å². The summed E-state index contributed by atoms with van der Waals surface area (Å²) in [5.74, 6) is 1.62. The van der Waals surface area contributed by atoms with Gasteiger partial charge in [-0.05, 0) is 56.6 Å². The van der Waals surface area contributed by atoms with Crippen LogP contribution in [-0.4, -0.2) is 44.8 Å². The molecule has 8 nitrogen and oxygen atoms in total. The van der Waals surface area contributed by atoms with Gasteiger partial charge in [-0.3, -0.25) is 14.1 Å². The van der Waals surface area contributed by atoms with E-state index in [0.717, 1.165) is 36.4 Å². The average molecular weight is 469 g/mol. The van der Waals surface area contributed by atoms with Crippen LogP contribution in [0.5, 0.6) is 11.6 Å². The summed E-state index contributed by atoms with van der Waals surface area (Å²) in [5, 5.41) is 6.27. The number of carbonyl (C=O) groups excluding carboxylic acids is 1. The molecule has 0 radical (unpaired) electrons. The van der Waals surface area contributed by atoms with Crippen LogP contribution in [0.2, 0.25) is 0 Å². The first-order chi connectivity index (χ1) is 17.2. The molecular formula is C27H28N6O2. The van der Waals surface area contributed by atoms with Crippen molar-refractivity contribution in [2.75, 3.05) is 30.3 Å². The van der Waals surface area contributed by atoms with Crippen molar-refractivity contribution in [1.82, 2.24) is 19.3 Å². The number of fused-ring (bicyclic) bond motifs is 1. The monoisotopic (exact) mass is 468 g/mol. The molecule has 1 amide bonds. The first-order valence-corrected chi connectivity index (χ1v) is 11.8. The molecule has 0 spiro atoms. The van der Waals surface area contributed by atoms with Crippen molar-refractivity contribution in [2.45, 2.75) is 19.8 Å². The number of nitrogens with zero attached hydrogens (tertiary/aromatic N) is 4. The summed E-state index contributed by atoms with van der Waals surface area (Å²) in [5.41, 5.74) is 3.55. The second-order valence-electron chi connectivity index (χ2n) is 8.56. The van der Waals surface area contributed by atoms with E-state index in [2.05, 4.69) is 25.5 Å². The number of aryl methyl sites for hydroxylation is 1. The zero-order valence-electron chi connectivity index (χ0n) is 19.6. The minimum atomic E-state index is -0.161. The molecule has 8 heteroatoms. The van der Waals surface area contributed by atoms with Gasteiger partial charge in [-0.2, -0.15) is 0 Å². The Bertz CT molecular complexity index is 1360. The molecule has 1 fully saturated rings. The van der Waals surface area contributed by atoms with Gasteiger partial charge in [0.25, 0.3) is 0 Å². The lowest BCUT2D eigenvalue weighted by Crippen LogP contribution is -2.19. The minimum absolute atomic E-state index is 0.161. The minimum Gasteiger partial charge on any atom is -0.439 e. The number of amides is 1. The molecular weight excluding hydrogens is 440 g/mol. The van der Waals surface area contributed by atoms with Crippen LogP contribution in [0.25, 0.3) is 5.52 Å². The molecule has 1 saturated heterocycles. The van der Waals surface area contributed by atoms with Crippen molar-refractivity contribution in [2.24, 2.45) is 0 Å². The highest BCUT2D eigenvalue weighted by Crippen LogP contribution is 2.28. The van der Waals surface area contributed by atoms with Gasteiger partial charge in [0.15, 0.2) is 5.82 Å². The number of hydrogen-bond acceptors (Lipinski definition) is 6. The van der Waals surface area contributed by atoms with Crippen LogP contribution >= 0.6 is 0 Å². The van der Waals surface area contributed by atoms with E-state index in [1.54, 1.807) is 30.9 Å². The normalized spacial score (nSPS) is 14.0. The Balaban J connectivity index is 1.27. The van der Waals surface area contributed by atoms with Crippen molar-refractivity contribution in [3.63, 3.8) is 0 Å². The molecule has 0 bridgehead atoms. The van der Waals surface area contributed by atoms with Crippen LogP contribution in [-0.2, 0) is 4.79 Å². The van der Waals surface area contributed by atoms with Gasteiger partial charge < -0.3 is 15.4 Å². The van der Waals surface area contributed by atoms with Gasteiger partial charge in [0, 0.05) is 30.1 Å². The Morgan fingerprint density at radius 2 is 1.97 bits per heavy atom. The zero-order valence-corrected chi connectivity index (χ0v) is 19.6. The third-order valence-corrected chi connectivity index (χ3v) is 5.98. The topological polar surface area (TPSA) is 83.8 Å². The van der Waals surface area contributed by atoms with E-state index >= 15 is 0 Å². The lowest BCUT2D eigenvalue weighted by Gasteiger charge is -2.13. The van der Waals surface area contributed by atoms with E-state index < -0.39 is 0 Å². The maximum absolute atomic E-state index is 12.3. The van der Waals surface area contributed by atoms with Gasteiger partial charge >= 0.3 is 0 Å². The fourth-order valence-corrected chi connectivity index (χ4v) is 4.12. The molecule has 0 aliphatic carbocycles. The highest BCUT2D eigenvalue weighted by molar-refractivity contribution is 5.99. The maximum Gasteiger partial charge on any atom is 0.248 e. The average Bonchev–Trinajstić information content (AvgIpc) is 3.55. The van der Waals surface area contributed by atoms with Gasteiger partial charge in [-0.25, -0.2) is 9.97 Å². The van der Waals surface area contributed by atoms with E-state index in [0.29, 0.717) is 23.1 Å². The largest absolute Gasteiger partial charge is 0.439 e. The van der Waals surface area contributed by atoms with Crippen LogP contribution in [0.1, 0.15) is 18.4 Å². The number of ether oxygens (including phenoxy) is 1. The number of rotatable bonds is 8. The Kier molecular flexibility index (Phi) is 6.72. The van der Waals surface area contributed by atoms with Crippen molar-refractivity contribution < 1.29 is 9.53 Å². The van der Waals surface area contributed by atoms with Crippen LogP contribution in [0, 0.1) is 6.92 Å². The fraction of sp³-hybridized carbons (Fsp3) is 0.222. The third kappa shape index (κ3) is 5.50. The summed E-state index contributed by atoms with van der Waals surface area (Å²) in [7, 11) is 0. The quantitative estimate of drug-likeness (QED) is 0.347. The first-order valence-electron chi connectivity index (χ1n) is 11.8. The lowest BCUT2D eigenvalue weighted by atomic mass is 10.2. The SMILES string of the molecule is Cc1ccccc1Nc1ncc(Oc2cccc(NC(=O)/C=C/CN3CCCC3)c2)n2cncc12. The van der Waals surface area contributed by atoms with E-state index in [1.165, 1.54) is 12.8 Å². The van der Waals surface area contributed by atoms with Crippen molar-refractivity contribution >= 4 is 28.6 Å². The molecule has 2 aromatic heterocycles. The molecule has 35 heavy (non-hydrogen) atoms. The Labute approximate surface area is 204 Å². The van der Waals surface area contributed by atoms with Crippen LogP contribution < -0.4 is 15.4 Å². The summed E-state index contributed by atoms with van der Waals surface area (Å²) >= 11 is 0. The number of benzene rings is 2. The first kappa shape index (κ1) is 22.6. The van der Waals surface area contributed by atoms with E-state index in [9.17, 15) is 4.79 Å². The molecule has 4 aromatic rings. The number of aromatic nitrogens is 3. The molecule has 2 aromatic carbocycles. The van der Waals surface area contributed by atoms with Crippen LogP contribution in [0.4, 0.5) is 17.2 Å². The van der Waals surface area contributed by atoms with E-state index in [4.69, 9.17) is 4.74 Å². The summed E-state index contributed by atoms with van der Waals surface area (Å²) in [6.07, 6.45) is 11.1. The van der Waals surface area contributed by atoms with Gasteiger partial charge in [0.1, 0.15) is 17.6 Å². The van der Waals surface area contributed by atoms with E-state index in [-0.39, 0.29) is 5.91 Å². The fourth-order valence-electron chi connectivity index (χ4n) is 4.12. The highest BCUT2D eigenvalue weighted by Gasteiger charge is 2.12. The molecule has 1 aliphatic rings. The van der Waals surface area contributed by atoms with Crippen molar-refractivity contribution in [1.29, 1.82) is 0 Å². The Hall–Kier alpha value is -4.17. The second kappa shape index (κ2) is 10.4. The van der Waals surface area contributed by atoms with Crippen molar-refractivity contribution in [3.8, 4) is 11.6 Å². The smallest absolute Gasteiger partial charge is 0.248 e. The predicted molar refractivity (Wildman–Crippen MR) is 137 cm³/mol. The molecule has 2 N–H and O–H groups in total. The zero-order chi connectivity index (χ0) is 24.0. The predicted octanol–water partition coefficient (Wildman–Crippen LogP) is 5.16. The van der Waals surface area contributed by atoms with Gasteiger partial charge in [0.2, 0.25) is 11.8 Å². The Morgan fingerprint density at radius 3 is 2.83 bits per heavy atom. The molecule has 178 valence electrons. The number of anilines is 3. The molecule has 1 aliphatic heterocycles. The number of para-hydroxylation sites is 1. The Morgan fingerprint density at radius 1 is 1.11 bits per heavy atom. The number of carbonyl (C=O) groups is 1. The van der Waals surface area contributed by atoms with Gasteiger partial charge in [-0.1, -0.05) is 30.3 Å². The summed E-state index contributed by atoms with van der Waals surface area (Å²) in [6, 6.07) is 15.3. The molecule has 3 heterocycles. The standard InChI is InChI=1S/C27H28N6O2/c1-20-8-2-3-11-23(20)31-27-24-17-28-19-33(24)26(18-29-27)35-22-10-6-9-21(16-22)30-25(34)12-7-15-32-13-4-5-14-32/h2-3,6-12,16-19H,4-5,13-15H2,1H3,(H,29,31)(H,30,34)/b12-7+. The van der Waals surface area contributed by atoms with Gasteiger partial charge in [0.05, 0.1) is 12.4 Å². The molecule has 0 saturated carbocycles. The lowest BCUT2D eigenvalue weighted by molar-refractivity contribution is -0.111. The maximum atomic E-state index is 12.3. The number of imidazole rings is 1. The molecule has 0 unspecified atom stereocenters. The highest BCUT2D eigenvalue weighted by atomic mass is 16.5. The molecule has 0 atom stereocenters.